The van der Waals surface area contributed by atoms with Gasteiger partial charge in [-0.3, -0.25) is 0 Å². The summed E-state index contributed by atoms with van der Waals surface area (Å²) in [4.78, 5) is 0. The van der Waals surface area contributed by atoms with Gasteiger partial charge in [-0.05, 0) is 35.6 Å². The molecule has 2 aromatic carbocycles. The van der Waals surface area contributed by atoms with Gasteiger partial charge in [0.1, 0.15) is 5.75 Å². The number of hydrogen-bond donors (Lipinski definition) is 1. The lowest BCUT2D eigenvalue weighted by molar-refractivity contribution is 0.405. The third kappa shape index (κ3) is 2.13. The summed E-state index contributed by atoms with van der Waals surface area (Å²) in [7, 11) is 1.72. The SMILES string of the molecule is COc1cccc2c1CC[C@H](c1ccccc1)[C]2N. The molecule has 1 aliphatic carbocycles. The Morgan fingerprint density at radius 3 is 2.58 bits per heavy atom. The molecule has 1 atom stereocenters. The van der Waals surface area contributed by atoms with Crippen molar-refractivity contribution in [2.75, 3.05) is 7.11 Å². The van der Waals surface area contributed by atoms with Crippen LogP contribution in [0, 0.1) is 6.04 Å². The first-order chi connectivity index (χ1) is 9.31. The molecule has 2 aromatic rings. The Morgan fingerprint density at radius 2 is 1.84 bits per heavy atom. The van der Waals surface area contributed by atoms with Crippen molar-refractivity contribution in [3.63, 3.8) is 0 Å². The van der Waals surface area contributed by atoms with E-state index in [9.17, 15) is 0 Å². The molecule has 0 amide bonds. The van der Waals surface area contributed by atoms with Gasteiger partial charge in [0.15, 0.2) is 0 Å². The van der Waals surface area contributed by atoms with Crippen LogP contribution in [0.5, 0.6) is 5.75 Å². The van der Waals surface area contributed by atoms with Crippen molar-refractivity contribution < 1.29 is 4.74 Å². The van der Waals surface area contributed by atoms with Crippen molar-refractivity contribution in [2.45, 2.75) is 18.8 Å². The molecule has 19 heavy (non-hydrogen) atoms. The topological polar surface area (TPSA) is 35.2 Å². The van der Waals surface area contributed by atoms with Crippen LogP contribution >= 0.6 is 0 Å². The van der Waals surface area contributed by atoms with E-state index in [4.69, 9.17) is 10.5 Å². The fraction of sp³-hybridized carbons (Fsp3) is 0.235. The highest BCUT2D eigenvalue weighted by molar-refractivity contribution is 5.51. The number of fused-ring (bicyclic) bond motifs is 1. The van der Waals surface area contributed by atoms with Crippen LogP contribution in [0.3, 0.4) is 0 Å². The summed E-state index contributed by atoms with van der Waals surface area (Å²) in [6.07, 6.45) is 2.06. The maximum atomic E-state index is 6.41. The number of benzene rings is 2. The van der Waals surface area contributed by atoms with Gasteiger partial charge in [0.2, 0.25) is 0 Å². The van der Waals surface area contributed by atoms with Crippen LogP contribution in [-0.2, 0) is 6.42 Å². The number of ether oxygens (including phenoxy) is 1. The zero-order valence-electron chi connectivity index (χ0n) is 11.1. The van der Waals surface area contributed by atoms with E-state index in [0.717, 1.165) is 30.2 Å². The summed E-state index contributed by atoms with van der Waals surface area (Å²) in [6.45, 7) is 0. The molecule has 97 valence electrons. The van der Waals surface area contributed by atoms with E-state index < -0.39 is 0 Å². The van der Waals surface area contributed by atoms with E-state index in [0.29, 0.717) is 5.92 Å². The third-order valence-corrected chi connectivity index (χ3v) is 3.92. The van der Waals surface area contributed by atoms with Crippen LogP contribution in [0.4, 0.5) is 0 Å². The van der Waals surface area contributed by atoms with Crippen LogP contribution in [0.2, 0.25) is 0 Å². The minimum atomic E-state index is 0.320. The first-order valence-electron chi connectivity index (χ1n) is 6.64. The predicted octanol–water partition coefficient (Wildman–Crippen LogP) is 3.26. The zero-order valence-corrected chi connectivity index (χ0v) is 11.1. The molecular weight excluding hydrogens is 234 g/mol. The normalized spacial score (nSPS) is 18.9. The molecule has 1 radical (unpaired) electrons. The third-order valence-electron chi connectivity index (χ3n) is 3.92. The van der Waals surface area contributed by atoms with E-state index in [1.54, 1.807) is 7.11 Å². The van der Waals surface area contributed by atoms with E-state index in [1.807, 2.05) is 18.2 Å². The van der Waals surface area contributed by atoms with Crippen LogP contribution in [0.15, 0.2) is 48.5 Å². The van der Waals surface area contributed by atoms with E-state index in [-0.39, 0.29) is 0 Å². The molecular formula is C17H18NO. The van der Waals surface area contributed by atoms with Crippen molar-refractivity contribution in [3.05, 3.63) is 71.3 Å². The molecule has 0 bridgehead atoms. The van der Waals surface area contributed by atoms with E-state index in [2.05, 4.69) is 30.3 Å². The Balaban J connectivity index is 1.99. The van der Waals surface area contributed by atoms with Crippen molar-refractivity contribution in [3.8, 4) is 5.75 Å². The molecule has 2 nitrogen and oxygen atoms in total. The summed E-state index contributed by atoms with van der Waals surface area (Å²) in [5.41, 5.74) is 10.1. The summed E-state index contributed by atoms with van der Waals surface area (Å²) < 4.78 is 5.43. The summed E-state index contributed by atoms with van der Waals surface area (Å²) in [5, 5.41) is 0. The Hall–Kier alpha value is -1.80. The van der Waals surface area contributed by atoms with Gasteiger partial charge in [-0.1, -0.05) is 42.5 Å². The second-order valence-corrected chi connectivity index (χ2v) is 4.94. The van der Waals surface area contributed by atoms with E-state index in [1.165, 1.54) is 11.1 Å². The minimum absolute atomic E-state index is 0.320. The molecule has 2 heteroatoms. The van der Waals surface area contributed by atoms with Crippen LogP contribution < -0.4 is 10.5 Å². The smallest absolute Gasteiger partial charge is 0.122 e. The van der Waals surface area contributed by atoms with Gasteiger partial charge in [-0.2, -0.15) is 0 Å². The van der Waals surface area contributed by atoms with Gasteiger partial charge in [0.05, 0.1) is 13.2 Å². The Kier molecular flexibility index (Phi) is 3.26. The fourth-order valence-corrected chi connectivity index (χ4v) is 2.95. The average Bonchev–Trinajstić information content (AvgIpc) is 2.48. The second-order valence-electron chi connectivity index (χ2n) is 4.94. The van der Waals surface area contributed by atoms with Crippen molar-refractivity contribution in [1.82, 2.24) is 0 Å². The molecule has 1 aliphatic rings. The maximum absolute atomic E-state index is 6.41. The van der Waals surface area contributed by atoms with Gasteiger partial charge in [0.25, 0.3) is 0 Å². The van der Waals surface area contributed by atoms with Crippen LogP contribution in [0.25, 0.3) is 0 Å². The lowest BCUT2D eigenvalue weighted by Gasteiger charge is -2.31. The van der Waals surface area contributed by atoms with E-state index >= 15 is 0 Å². The van der Waals surface area contributed by atoms with Gasteiger partial charge in [-0.25, -0.2) is 0 Å². The zero-order chi connectivity index (χ0) is 13.2. The van der Waals surface area contributed by atoms with Gasteiger partial charge in [-0.15, -0.1) is 0 Å². The van der Waals surface area contributed by atoms with Crippen LogP contribution in [0.1, 0.15) is 29.0 Å². The minimum Gasteiger partial charge on any atom is -0.496 e. The molecule has 0 unspecified atom stereocenters. The summed E-state index contributed by atoms with van der Waals surface area (Å²) in [5.74, 6) is 1.27. The second kappa shape index (κ2) is 5.06. The van der Waals surface area contributed by atoms with Crippen molar-refractivity contribution in [1.29, 1.82) is 0 Å². The largest absolute Gasteiger partial charge is 0.496 e. The number of methoxy groups -OCH3 is 1. The van der Waals surface area contributed by atoms with Gasteiger partial charge in [0, 0.05) is 5.92 Å². The Labute approximate surface area is 114 Å². The molecule has 0 heterocycles. The van der Waals surface area contributed by atoms with Crippen molar-refractivity contribution in [2.24, 2.45) is 5.73 Å². The number of rotatable bonds is 2. The summed E-state index contributed by atoms with van der Waals surface area (Å²) >= 11 is 0. The molecule has 3 rings (SSSR count). The molecule has 0 saturated heterocycles. The Morgan fingerprint density at radius 1 is 1.05 bits per heavy atom. The molecule has 0 fully saturated rings. The molecule has 0 saturated carbocycles. The number of hydrogen-bond acceptors (Lipinski definition) is 2. The molecule has 2 N–H and O–H groups in total. The summed E-state index contributed by atoms with van der Waals surface area (Å²) in [6, 6.07) is 17.6. The number of nitrogens with two attached hydrogens (primary N) is 1. The molecule has 0 aliphatic heterocycles. The Bertz CT molecular complexity index is 565. The molecule has 0 aromatic heterocycles. The fourth-order valence-electron chi connectivity index (χ4n) is 2.95. The highest BCUT2D eigenvalue weighted by atomic mass is 16.5. The van der Waals surface area contributed by atoms with Crippen LogP contribution in [-0.4, -0.2) is 7.11 Å². The first kappa shape index (κ1) is 12.2. The monoisotopic (exact) mass is 252 g/mol. The maximum Gasteiger partial charge on any atom is 0.122 e. The average molecular weight is 252 g/mol. The van der Waals surface area contributed by atoms with Gasteiger partial charge >= 0.3 is 0 Å². The lowest BCUT2D eigenvalue weighted by atomic mass is 9.76. The standard InChI is InChI=1S/C17H18NO/c1-19-16-9-5-8-15-14(16)11-10-13(17(15)18)12-6-3-2-4-7-12/h2-9,13H,10-11,18H2,1H3/t13-/m1/s1. The first-order valence-corrected chi connectivity index (χ1v) is 6.64. The highest BCUT2D eigenvalue weighted by Crippen LogP contribution is 2.41. The predicted molar refractivity (Wildman–Crippen MR) is 77.0 cm³/mol. The lowest BCUT2D eigenvalue weighted by Crippen LogP contribution is -2.27. The van der Waals surface area contributed by atoms with Gasteiger partial charge < -0.3 is 10.5 Å². The highest BCUT2D eigenvalue weighted by Gasteiger charge is 2.30. The van der Waals surface area contributed by atoms with Crippen molar-refractivity contribution >= 4 is 0 Å². The molecule has 0 spiro atoms. The quantitative estimate of drug-likeness (QED) is 0.890.